The van der Waals surface area contributed by atoms with Crippen molar-refractivity contribution in [3.63, 3.8) is 0 Å². The molecule has 1 aromatic heterocycles. The first-order valence-corrected chi connectivity index (χ1v) is 7.97. The van der Waals surface area contributed by atoms with Crippen LogP contribution in [0.1, 0.15) is 0 Å². The fourth-order valence-corrected chi connectivity index (χ4v) is 3.29. The van der Waals surface area contributed by atoms with Gasteiger partial charge in [-0.15, -0.1) is 0 Å². The van der Waals surface area contributed by atoms with Crippen molar-refractivity contribution in [1.82, 2.24) is 9.88 Å². The molecule has 1 aromatic carbocycles. The number of amides is 2. The van der Waals surface area contributed by atoms with Crippen LogP contribution in [0.25, 0.3) is 10.9 Å². The van der Waals surface area contributed by atoms with E-state index in [1.807, 2.05) is 30.3 Å². The van der Waals surface area contributed by atoms with Crippen LogP contribution in [0.4, 0.5) is 10.5 Å². The molecule has 2 amide bonds. The van der Waals surface area contributed by atoms with Crippen molar-refractivity contribution >= 4 is 33.4 Å². The third-order valence-electron chi connectivity index (χ3n) is 3.34. The lowest BCUT2D eigenvalue weighted by Crippen LogP contribution is -2.44. The molecule has 2 aromatic rings. The minimum absolute atomic E-state index is 0.153. The molecule has 20 heavy (non-hydrogen) atoms. The lowest BCUT2D eigenvalue weighted by molar-refractivity contribution is 0.216. The van der Waals surface area contributed by atoms with E-state index < -0.39 is 10.8 Å². The summed E-state index contributed by atoms with van der Waals surface area (Å²) in [4.78, 5) is 18.2. The molecule has 3 rings (SSSR count). The molecule has 1 aliphatic heterocycles. The Hall–Kier alpha value is -1.95. The topological polar surface area (TPSA) is 62.3 Å². The van der Waals surface area contributed by atoms with E-state index in [0.29, 0.717) is 30.3 Å². The molecule has 0 atom stereocenters. The number of carbonyl (C=O) groups is 1. The average molecular weight is 289 g/mol. The van der Waals surface area contributed by atoms with E-state index in [2.05, 4.69) is 10.3 Å². The smallest absolute Gasteiger partial charge is 0.321 e. The summed E-state index contributed by atoms with van der Waals surface area (Å²) in [6.45, 7) is 1.08. The summed E-state index contributed by atoms with van der Waals surface area (Å²) < 4.78 is 11.3. The molecular weight excluding hydrogens is 274 g/mol. The summed E-state index contributed by atoms with van der Waals surface area (Å²) >= 11 is 0. The molecule has 0 aliphatic carbocycles. The van der Waals surface area contributed by atoms with Crippen molar-refractivity contribution < 1.29 is 9.00 Å². The van der Waals surface area contributed by atoms with Gasteiger partial charge in [0.1, 0.15) is 0 Å². The van der Waals surface area contributed by atoms with E-state index in [1.54, 1.807) is 11.1 Å². The molecule has 1 saturated heterocycles. The van der Waals surface area contributed by atoms with Crippen LogP contribution in [0.15, 0.2) is 36.5 Å². The fourth-order valence-electron chi connectivity index (χ4n) is 2.24. The van der Waals surface area contributed by atoms with E-state index in [9.17, 15) is 9.00 Å². The maximum absolute atomic E-state index is 12.2. The number of hydrogen-bond donors (Lipinski definition) is 1. The van der Waals surface area contributed by atoms with Gasteiger partial charge in [0.05, 0.1) is 11.2 Å². The second-order valence-corrected chi connectivity index (χ2v) is 6.34. The number of pyridine rings is 1. The first-order chi connectivity index (χ1) is 9.74. The zero-order chi connectivity index (χ0) is 13.9. The van der Waals surface area contributed by atoms with Gasteiger partial charge < -0.3 is 10.2 Å². The largest absolute Gasteiger partial charge is 0.323 e. The quantitative estimate of drug-likeness (QED) is 0.871. The van der Waals surface area contributed by atoms with Gasteiger partial charge in [0, 0.05) is 47.0 Å². The van der Waals surface area contributed by atoms with Gasteiger partial charge >= 0.3 is 6.03 Å². The molecular formula is C14H15N3O2S. The molecule has 0 radical (unpaired) electrons. The Kier molecular flexibility index (Phi) is 3.64. The van der Waals surface area contributed by atoms with Gasteiger partial charge in [0.2, 0.25) is 0 Å². The number of para-hydroxylation sites is 1. The molecule has 0 spiro atoms. The van der Waals surface area contributed by atoms with Gasteiger partial charge in [0.25, 0.3) is 0 Å². The summed E-state index contributed by atoms with van der Waals surface area (Å²) in [6, 6.07) is 9.37. The van der Waals surface area contributed by atoms with E-state index in [-0.39, 0.29) is 6.03 Å². The van der Waals surface area contributed by atoms with Crippen LogP contribution in [0.2, 0.25) is 0 Å². The third-order valence-corrected chi connectivity index (χ3v) is 4.62. The number of nitrogens with one attached hydrogen (secondary N) is 1. The summed E-state index contributed by atoms with van der Waals surface area (Å²) in [5.41, 5.74) is 1.49. The highest BCUT2D eigenvalue weighted by Gasteiger charge is 2.20. The number of fused-ring (bicyclic) bond motifs is 1. The Bertz CT molecular complexity index is 659. The number of aromatic nitrogens is 1. The summed E-state index contributed by atoms with van der Waals surface area (Å²) in [5, 5.41) is 3.89. The Morgan fingerprint density at radius 3 is 2.75 bits per heavy atom. The van der Waals surface area contributed by atoms with Crippen LogP contribution < -0.4 is 5.32 Å². The summed E-state index contributed by atoms with van der Waals surface area (Å²) in [5.74, 6) is 1.11. The lowest BCUT2D eigenvalue weighted by Gasteiger charge is -2.26. The molecule has 1 N–H and O–H groups in total. The molecule has 0 bridgehead atoms. The predicted molar refractivity (Wildman–Crippen MR) is 80.2 cm³/mol. The molecule has 1 fully saturated rings. The van der Waals surface area contributed by atoms with Gasteiger partial charge in [-0.05, 0) is 12.1 Å². The number of benzene rings is 1. The molecule has 0 saturated carbocycles. The van der Waals surface area contributed by atoms with Crippen LogP contribution in [-0.2, 0) is 10.8 Å². The monoisotopic (exact) mass is 289 g/mol. The van der Waals surface area contributed by atoms with Crippen molar-refractivity contribution in [2.45, 2.75) is 0 Å². The van der Waals surface area contributed by atoms with Crippen LogP contribution in [0.5, 0.6) is 0 Å². The molecule has 2 heterocycles. The Morgan fingerprint density at radius 2 is 1.95 bits per heavy atom. The SMILES string of the molecule is O=C(Nc1cccc2cccnc12)N1CCS(=O)CC1. The lowest BCUT2D eigenvalue weighted by atomic mass is 10.2. The van der Waals surface area contributed by atoms with E-state index in [0.717, 1.165) is 10.9 Å². The van der Waals surface area contributed by atoms with Gasteiger partial charge in [0.15, 0.2) is 0 Å². The second kappa shape index (κ2) is 5.58. The van der Waals surface area contributed by atoms with Crippen molar-refractivity contribution in [2.24, 2.45) is 0 Å². The van der Waals surface area contributed by atoms with Crippen molar-refractivity contribution in [3.05, 3.63) is 36.5 Å². The third kappa shape index (κ3) is 2.65. The summed E-state index contributed by atoms with van der Waals surface area (Å²) in [7, 11) is -0.780. The first kappa shape index (κ1) is 13.1. The zero-order valence-corrected chi connectivity index (χ0v) is 11.7. The van der Waals surface area contributed by atoms with Gasteiger partial charge in [-0.1, -0.05) is 18.2 Å². The van der Waals surface area contributed by atoms with Crippen LogP contribution in [-0.4, -0.2) is 44.7 Å². The zero-order valence-electron chi connectivity index (χ0n) is 10.9. The van der Waals surface area contributed by atoms with E-state index in [1.165, 1.54) is 0 Å². The highest BCUT2D eigenvalue weighted by atomic mass is 32.2. The van der Waals surface area contributed by atoms with E-state index >= 15 is 0 Å². The first-order valence-electron chi connectivity index (χ1n) is 6.49. The maximum atomic E-state index is 12.2. The minimum atomic E-state index is -0.780. The average Bonchev–Trinajstić information content (AvgIpc) is 2.48. The molecule has 1 aliphatic rings. The second-order valence-electron chi connectivity index (χ2n) is 4.65. The van der Waals surface area contributed by atoms with Crippen LogP contribution in [0.3, 0.4) is 0 Å². The van der Waals surface area contributed by atoms with Gasteiger partial charge in [-0.25, -0.2) is 4.79 Å². The minimum Gasteiger partial charge on any atom is -0.323 e. The van der Waals surface area contributed by atoms with Gasteiger partial charge in [-0.3, -0.25) is 9.19 Å². The number of carbonyl (C=O) groups excluding carboxylic acids is 1. The van der Waals surface area contributed by atoms with Gasteiger partial charge in [-0.2, -0.15) is 0 Å². The number of nitrogens with zero attached hydrogens (tertiary/aromatic N) is 2. The number of hydrogen-bond acceptors (Lipinski definition) is 3. The number of urea groups is 1. The number of anilines is 1. The van der Waals surface area contributed by atoms with Crippen molar-refractivity contribution in [1.29, 1.82) is 0 Å². The fraction of sp³-hybridized carbons (Fsp3) is 0.286. The number of rotatable bonds is 1. The molecule has 5 nitrogen and oxygen atoms in total. The van der Waals surface area contributed by atoms with E-state index in [4.69, 9.17) is 0 Å². The Morgan fingerprint density at radius 1 is 1.20 bits per heavy atom. The Balaban J connectivity index is 1.79. The van der Waals surface area contributed by atoms with Crippen molar-refractivity contribution in [3.8, 4) is 0 Å². The van der Waals surface area contributed by atoms with Crippen molar-refractivity contribution in [2.75, 3.05) is 29.9 Å². The molecule has 104 valence electrons. The van der Waals surface area contributed by atoms with Crippen LogP contribution in [0, 0.1) is 0 Å². The molecule has 0 unspecified atom stereocenters. The predicted octanol–water partition coefficient (Wildman–Crippen LogP) is 1.83. The maximum Gasteiger partial charge on any atom is 0.321 e. The van der Waals surface area contributed by atoms with Crippen LogP contribution >= 0.6 is 0 Å². The Labute approximate surface area is 119 Å². The highest BCUT2D eigenvalue weighted by Crippen LogP contribution is 2.21. The highest BCUT2D eigenvalue weighted by molar-refractivity contribution is 7.85. The standard InChI is InChI=1S/C14H15N3O2S/c18-14(17-7-9-20(19)10-8-17)16-12-5-1-3-11-4-2-6-15-13(11)12/h1-6H,7-10H2,(H,16,18). The molecule has 6 heteroatoms. The summed E-state index contributed by atoms with van der Waals surface area (Å²) in [6.07, 6.45) is 1.71. The normalized spacial score (nSPS) is 16.3.